The number of nitrogens with zero attached hydrogens (tertiary/aromatic N) is 3. The van der Waals surface area contributed by atoms with Crippen LogP contribution in [-0.4, -0.2) is 43.0 Å². The predicted octanol–water partition coefficient (Wildman–Crippen LogP) is -0.863. The molecule has 2 aromatic rings. The van der Waals surface area contributed by atoms with Crippen molar-refractivity contribution in [3.63, 3.8) is 0 Å². The Morgan fingerprint density at radius 1 is 1.50 bits per heavy atom. The van der Waals surface area contributed by atoms with Crippen LogP contribution in [0.4, 0.5) is 0 Å². The largest absolute Gasteiger partial charge is 0.394 e. The van der Waals surface area contributed by atoms with Gasteiger partial charge < -0.3 is 14.9 Å². The first-order chi connectivity index (χ1) is 8.70. The van der Waals surface area contributed by atoms with E-state index in [1.165, 1.54) is 8.97 Å². The van der Waals surface area contributed by atoms with Crippen LogP contribution in [0.1, 0.15) is 12.6 Å². The van der Waals surface area contributed by atoms with Crippen LogP contribution < -0.4 is 5.69 Å². The molecule has 96 valence electrons. The quantitative estimate of drug-likeness (QED) is 0.727. The third-order valence-electron chi connectivity index (χ3n) is 3.17. The van der Waals surface area contributed by atoms with Crippen LogP contribution in [0.25, 0.3) is 5.65 Å². The summed E-state index contributed by atoms with van der Waals surface area (Å²) in [5.74, 6) is 0. The van der Waals surface area contributed by atoms with Gasteiger partial charge in [-0.2, -0.15) is 0 Å². The minimum atomic E-state index is -0.759. The lowest BCUT2D eigenvalue weighted by molar-refractivity contribution is -0.0459. The lowest BCUT2D eigenvalue weighted by Crippen LogP contribution is -2.29. The molecule has 0 aromatic carbocycles. The van der Waals surface area contributed by atoms with E-state index in [1.807, 2.05) is 0 Å². The van der Waals surface area contributed by atoms with Gasteiger partial charge in [-0.3, -0.25) is 8.97 Å². The highest BCUT2D eigenvalue weighted by Crippen LogP contribution is 2.27. The highest BCUT2D eigenvalue weighted by Gasteiger charge is 2.34. The number of aliphatic hydroxyl groups is 2. The molecule has 1 aliphatic rings. The third-order valence-corrected chi connectivity index (χ3v) is 3.17. The van der Waals surface area contributed by atoms with Crippen LogP contribution in [0.5, 0.6) is 0 Å². The molecule has 1 fully saturated rings. The van der Waals surface area contributed by atoms with Crippen LogP contribution in [-0.2, 0) is 4.74 Å². The van der Waals surface area contributed by atoms with E-state index in [9.17, 15) is 9.90 Å². The van der Waals surface area contributed by atoms with Crippen LogP contribution in [0.3, 0.4) is 0 Å². The van der Waals surface area contributed by atoms with Gasteiger partial charge in [-0.15, -0.1) is 0 Å². The number of aliphatic hydroxyl groups excluding tert-OH is 2. The summed E-state index contributed by atoms with van der Waals surface area (Å²) >= 11 is 0. The topological polar surface area (TPSA) is 89.0 Å². The Morgan fingerprint density at radius 3 is 3.06 bits per heavy atom. The summed E-state index contributed by atoms with van der Waals surface area (Å²) in [5, 5.41) is 18.7. The zero-order chi connectivity index (χ0) is 12.7. The van der Waals surface area contributed by atoms with Crippen molar-refractivity contribution in [3.8, 4) is 0 Å². The van der Waals surface area contributed by atoms with Crippen molar-refractivity contribution in [2.75, 3.05) is 6.61 Å². The lowest BCUT2D eigenvalue weighted by Gasteiger charge is -2.14. The molecule has 2 N–H and O–H groups in total. The van der Waals surface area contributed by atoms with Crippen LogP contribution in [0, 0.1) is 0 Å². The van der Waals surface area contributed by atoms with Crippen molar-refractivity contribution in [1.29, 1.82) is 0 Å². The number of aromatic nitrogens is 3. The van der Waals surface area contributed by atoms with Gasteiger partial charge in [0.25, 0.3) is 0 Å². The Kier molecular flexibility index (Phi) is 2.66. The summed E-state index contributed by atoms with van der Waals surface area (Å²) in [6.07, 6.45) is 3.03. The van der Waals surface area contributed by atoms with E-state index in [-0.39, 0.29) is 18.7 Å². The second kappa shape index (κ2) is 4.20. The molecule has 1 aliphatic heterocycles. The Hall–Kier alpha value is -1.70. The average Bonchev–Trinajstić information content (AvgIpc) is 2.96. The summed E-state index contributed by atoms with van der Waals surface area (Å²) in [4.78, 5) is 16.2. The molecule has 0 aliphatic carbocycles. The van der Waals surface area contributed by atoms with E-state index in [4.69, 9.17) is 9.84 Å². The van der Waals surface area contributed by atoms with Crippen LogP contribution >= 0.6 is 0 Å². The van der Waals surface area contributed by atoms with E-state index in [1.54, 1.807) is 24.7 Å². The zero-order valence-electron chi connectivity index (χ0n) is 9.51. The van der Waals surface area contributed by atoms with E-state index < -0.39 is 18.4 Å². The molecule has 3 heterocycles. The molecular formula is C11H13N3O4. The molecule has 0 saturated carbocycles. The number of ether oxygens (including phenoxy) is 1. The fourth-order valence-electron chi connectivity index (χ4n) is 2.20. The molecule has 1 saturated heterocycles. The van der Waals surface area contributed by atoms with Crippen molar-refractivity contribution >= 4 is 5.65 Å². The molecule has 3 rings (SSSR count). The monoisotopic (exact) mass is 254 g/mol. The van der Waals surface area contributed by atoms with Gasteiger partial charge in [0.2, 0.25) is 0 Å². The number of hydrogen-bond acceptors (Lipinski definition) is 5. The normalized spacial score (nSPS) is 28.0. The van der Waals surface area contributed by atoms with Gasteiger partial charge in [-0.25, -0.2) is 9.78 Å². The zero-order valence-corrected chi connectivity index (χ0v) is 9.51. The highest BCUT2D eigenvalue weighted by molar-refractivity contribution is 5.35. The van der Waals surface area contributed by atoms with Gasteiger partial charge in [0.15, 0.2) is 0 Å². The summed E-state index contributed by atoms with van der Waals surface area (Å²) in [7, 11) is 0. The molecule has 0 spiro atoms. The van der Waals surface area contributed by atoms with Crippen molar-refractivity contribution in [2.24, 2.45) is 0 Å². The average molecular weight is 254 g/mol. The molecule has 0 radical (unpaired) electrons. The SMILES string of the molecule is O=[13c]1[15n]([C@H]2C[C@H](O)[C@@H](CO)O2)ccc2ncc[15n]21. The molecule has 0 unspecified atom stereocenters. The van der Waals surface area contributed by atoms with E-state index in [0.717, 1.165) is 0 Å². The number of rotatable bonds is 2. The van der Waals surface area contributed by atoms with Crippen LogP contribution in [0.2, 0.25) is 0 Å². The van der Waals surface area contributed by atoms with Gasteiger partial charge in [0, 0.05) is 25.0 Å². The van der Waals surface area contributed by atoms with Gasteiger partial charge in [-0.05, 0) is 6.07 Å². The molecule has 0 amide bonds. The summed E-state index contributed by atoms with van der Waals surface area (Å²) < 4.78 is 8.25. The smallest absolute Gasteiger partial charge is 0.336 e. The molecule has 18 heavy (non-hydrogen) atoms. The number of imidazole rings is 1. The Morgan fingerprint density at radius 2 is 2.33 bits per heavy atom. The summed E-state index contributed by atoms with van der Waals surface area (Å²) in [6, 6.07) is 1.70. The summed E-state index contributed by atoms with van der Waals surface area (Å²) in [6.45, 7) is -0.264. The Balaban J connectivity index is 2.00. The van der Waals surface area contributed by atoms with Gasteiger partial charge in [0.1, 0.15) is 18.0 Å². The minimum absolute atomic E-state index is 0.264. The highest BCUT2D eigenvalue weighted by atomic mass is 16.6. The van der Waals surface area contributed by atoms with Crippen LogP contribution in [0.15, 0.2) is 29.5 Å². The second-order valence-electron chi connectivity index (χ2n) is 4.28. The first-order valence-corrected chi connectivity index (χ1v) is 5.69. The van der Waals surface area contributed by atoms with Gasteiger partial charge in [0.05, 0.1) is 12.7 Å². The minimum Gasteiger partial charge on any atom is -0.394 e. The van der Waals surface area contributed by atoms with E-state index in [2.05, 4.69) is 4.98 Å². The maximum absolute atomic E-state index is 12.1. The Bertz CT molecular complexity index is 620. The van der Waals surface area contributed by atoms with Crippen molar-refractivity contribution < 1.29 is 14.9 Å². The lowest BCUT2D eigenvalue weighted by atomic mass is 10.2. The fraction of sp³-hybridized carbons (Fsp3) is 0.455. The number of fused-ring (bicyclic) bond motifs is 1. The van der Waals surface area contributed by atoms with Crippen molar-refractivity contribution in [2.45, 2.75) is 24.9 Å². The maximum atomic E-state index is 12.1. The predicted molar refractivity (Wildman–Crippen MR) is 61.1 cm³/mol. The maximum Gasteiger partial charge on any atom is 0.336 e. The number of hydrogen-bond donors (Lipinski definition) is 2. The molecule has 7 nitrogen and oxygen atoms in total. The van der Waals surface area contributed by atoms with Crippen molar-refractivity contribution in [1.82, 2.24) is 14.0 Å². The second-order valence-corrected chi connectivity index (χ2v) is 4.28. The van der Waals surface area contributed by atoms with Gasteiger partial charge >= 0.3 is 5.69 Å². The van der Waals surface area contributed by atoms with Gasteiger partial charge in [-0.1, -0.05) is 0 Å². The first-order valence-electron chi connectivity index (χ1n) is 5.69. The molecule has 7 heteroatoms. The van der Waals surface area contributed by atoms with Crippen molar-refractivity contribution in [3.05, 3.63) is 35.1 Å². The third kappa shape index (κ3) is 1.64. The summed E-state index contributed by atoms with van der Waals surface area (Å²) in [5.41, 5.74) is 0.286. The fourth-order valence-corrected chi connectivity index (χ4v) is 2.20. The standard InChI is InChI=1S/C11H13N3O4/c15-6-8-7(16)5-10(18-8)14-3-1-9-12-2-4-13(9)11(14)17/h1-4,7-8,10,15-16H,5-6H2/t7-,8+,10+/m0/s1/i11+1,13+1,14+1. The molecule has 3 atom stereocenters. The van der Waals surface area contributed by atoms with E-state index in [0.29, 0.717) is 5.65 Å². The first kappa shape index (κ1) is 11.4. The Labute approximate surface area is 102 Å². The molecule has 0 bridgehead atoms. The molecular weight excluding hydrogens is 241 g/mol. The van der Waals surface area contributed by atoms with E-state index >= 15 is 0 Å². The molecule has 2 aromatic heterocycles.